The summed E-state index contributed by atoms with van der Waals surface area (Å²) >= 11 is 0. The lowest BCUT2D eigenvalue weighted by Crippen LogP contribution is -2.13. The Hall–Kier alpha value is -2.16. The molecule has 3 rings (SSSR count). The predicted octanol–water partition coefficient (Wildman–Crippen LogP) is 2.91. The highest BCUT2D eigenvalue weighted by Crippen LogP contribution is 2.36. The number of amides is 1. The molecule has 2 aromatic rings. The van der Waals surface area contributed by atoms with Gasteiger partial charge in [-0.3, -0.25) is 4.79 Å². The van der Waals surface area contributed by atoms with Crippen molar-refractivity contribution in [3.8, 4) is 0 Å². The molecule has 0 saturated heterocycles. The molecule has 1 N–H and O–H groups in total. The highest BCUT2D eigenvalue weighted by atomic mass is 19.1. The van der Waals surface area contributed by atoms with E-state index < -0.39 is 0 Å². The van der Waals surface area contributed by atoms with Gasteiger partial charge in [-0.15, -0.1) is 0 Å². The Balaban J connectivity index is 2.09. The van der Waals surface area contributed by atoms with Gasteiger partial charge in [-0.1, -0.05) is 30.3 Å². The summed E-state index contributed by atoms with van der Waals surface area (Å²) in [7, 11) is 0. The minimum atomic E-state index is -0.327. The fraction of sp³-hybridized carbons (Fsp3) is 0.0714. The van der Waals surface area contributed by atoms with Crippen molar-refractivity contribution < 1.29 is 9.18 Å². The van der Waals surface area contributed by atoms with Crippen molar-refractivity contribution in [2.45, 2.75) is 5.92 Å². The second kappa shape index (κ2) is 3.70. The van der Waals surface area contributed by atoms with Crippen LogP contribution in [0.5, 0.6) is 0 Å². The smallest absolute Gasteiger partial charge is 0.236 e. The molecule has 3 heteroatoms. The zero-order chi connectivity index (χ0) is 11.8. The van der Waals surface area contributed by atoms with Crippen molar-refractivity contribution in [2.75, 3.05) is 5.32 Å². The van der Waals surface area contributed by atoms with Crippen molar-refractivity contribution >= 4 is 11.6 Å². The van der Waals surface area contributed by atoms with E-state index in [0.29, 0.717) is 0 Å². The van der Waals surface area contributed by atoms with Crippen LogP contribution in [0.25, 0.3) is 0 Å². The van der Waals surface area contributed by atoms with Crippen LogP contribution in [0.4, 0.5) is 10.1 Å². The first kappa shape index (κ1) is 10.0. The molecule has 1 heterocycles. The standard InChI is InChI=1S/C14H10FNO/c15-10-7-5-9(6-8-10)13-11-3-1-2-4-12(11)16-14(13)17/h1-8,13H,(H,16,17). The van der Waals surface area contributed by atoms with Gasteiger partial charge in [0.2, 0.25) is 5.91 Å². The molecule has 0 saturated carbocycles. The second-order valence-electron chi connectivity index (χ2n) is 4.06. The SMILES string of the molecule is O=C1Nc2ccccc2C1c1ccc(F)cc1. The first-order valence-electron chi connectivity index (χ1n) is 5.41. The number of rotatable bonds is 1. The summed E-state index contributed by atoms with van der Waals surface area (Å²) in [5, 5.41) is 2.83. The van der Waals surface area contributed by atoms with Crippen molar-refractivity contribution in [3.05, 3.63) is 65.5 Å². The summed E-state index contributed by atoms with van der Waals surface area (Å²) in [6.07, 6.45) is 0. The topological polar surface area (TPSA) is 29.1 Å². The van der Waals surface area contributed by atoms with E-state index >= 15 is 0 Å². The maximum Gasteiger partial charge on any atom is 0.236 e. The third kappa shape index (κ3) is 1.60. The Morgan fingerprint density at radius 1 is 1.00 bits per heavy atom. The number of nitrogens with one attached hydrogen (secondary N) is 1. The van der Waals surface area contributed by atoms with E-state index in [2.05, 4.69) is 5.32 Å². The fourth-order valence-corrected chi connectivity index (χ4v) is 2.19. The molecule has 2 nitrogen and oxygen atoms in total. The summed E-state index contributed by atoms with van der Waals surface area (Å²) in [6.45, 7) is 0. The summed E-state index contributed by atoms with van der Waals surface area (Å²) in [4.78, 5) is 11.9. The second-order valence-corrected chi connectivity index (χ2v) is 4.06. The van der Waals surface area contributed by atoms with Crippen molar-refractivity contribution in [3.63, 3.8) is 0 Å². The quantitative estimate of drug-likeness (QED) is 0.797. The van der Waals surface area contributed by atoms with Crippen LogP contribution in [0.15, 0.2) is 48.5 Å². The lowest BCUT2D eigenvalue weighted by molar-refractivity contribution is -0.116. The van der Waals surface area contributed by atoms with Crippen molar-refractivity contribution in [2.24, 2.45) is 0 Å². The van der Waals surface area contributed by atoms with Crippen LogP contribution >= 0.6 is 0 Å². The molecule has 0 aromatic heterocycles. The van der Waals surface area contributed by atoms with Gasteiger partial charge in [-0.2, -0.15) is 0 Å². The summed E-state index contributed by atoms with van der Waals surface area (Å²) in [5.74, 6) is -0.676. The van der Waals surface area contributed by atoms with Crippen LogP contribution in [-0.2, 0) is 4.79 Å². The number of para-hydroxylation sites is 1. The van der Waals surface area contributed by atoms with Gasteiger partial charge >= 0.3 is 0 Å². The van der Waals surface area contributed by atoms with Gasteiger partial charge in [0.1, 0.15) is 5.82 Å². The summed E-state index contributed by atoms with van der Waals surface area (Å²) in [6, 6.07) is 13.6. The molecule has 0 spiro atoms. The van der Waals surface area contributed by atoms with Gasteiger partial charge < -0.3 is 5.32 Å². The highest BCUT2D eigenvalue weighted by molar-refractivity contribution is 6.04. The summed E-state index contributed by atoms with van der Waals surface area (Å²) < 4.78 is 12.9. The highest BCUT2D eigenvalue weighted by Gasteiger charge is 2.31. The number of carbonyl (C=O) groups excluding carboxylic acids is 1. The zero-order valence-corrected chi connectivity index (χ0v) is 8.98. The van der Waals surface area contributed by atoms with Crippen molar-refractivity contribution in [1.82, 2.24) is 0 Å². The van der Waals surface area contributed by atoms with Gasteiger partial charge in [0.25, 0.3) is 0 Å². The number of fused-ring (bicyclic) bond motifs is 1. The van der Waals surface area contributed by atoms with Gasteiger partial charge in [0, 0.05) is 5.69 Å². The number of halogens is 1. The molecule has 1 aliphatic heterocycles. The maximum atomic E-state index is 12.9. The van der Waals surface area contributed by atoms with Gasteiger partial charge in [-0.25, -0.2) is 4.39 Å². The lowest BCUT2D eigenvalue weighted by Gasteiger charge is -2.08. The van der Waals surface area contributed by atoms with E-state index in [1.54, 1.807) is 12.1 Å². The molecule has 1 amide bonds. The Morgan fingerprint density at radius 3 is 2.47 bits per heavy atom. The number of anilines is 1. The average Bonchev–Trinajstić information content (AvgIpc) is 2.66. The van der Waals surface area contributed by atoms with Crippen LogP contribution < -0.4 is 5.32 Å². The minimum Gasteiger partial charge on any atom is -0.325 e. The molecule has 84 valence electrons. The average molecular weight is 227 g/mol. The molecule has 1 atom stereocenters. The Bertz CT molecular complexity index is 577. The van der Waals surface area contributed by atoms with Crippen LogP contribution in [0.3, 0.4) is 0 Å². The number of hydrogen-bond acceptors (Lipinski definition) is 1. The predicted molar refractivity (Wildman–Crippen MR) is 63.3 cm³/mol. The maximum absolute atomic E-state index is 12.9. The first-order valence-corrected chi connectivity index (χ1v) is 5.41. The summed E-state index contributed by atoms with van der Waals surface area (Å²) in [5.41, 5.74) is 2.60. The van der Waals surface area contributed by atoms with Crippen LogP contribution in [0, 0.1) is 5.82 Å². The van der Waals surface area contributed by atoms with Crippen LogP contribution in [-0.4, -0.2) is 5.91 Å². The number of hydrogen-bond donors (Lipinski definition) is 1. The van der Waals surface area contributed by atoms with E-state index in [-0.39, 0.29) is 17.6 Å². The Labute approximate surface area is 98.1 Å². The van der Waals surface area contributed by atoms with Gasteiger partial charge in [-0.05, 0) is 29.3 Å². The molecule has 1 unspecified atom stereocenters. The largest absolute Gasteiger partial charge is 0.325 e. The van der Waals surface area contributed by atoms with E-state index in [1.807, 2.05) is 24.3 Å². The van der Waals surface area contributed by atoms with E-state index in [1.165, 1.54) is 12.1 Å². The zero-order valence-electron chi connectivity index (χ0n) is 8.98. The molecule has 0 fully saturated rings. The molecule has 0 bridgehead atoms. The Kier molecular flexibility index (Phi) is 2.18. The molecule has 17 heavy (non-hydrogen) atoms. The normalized spacial score (nSPS) is 17.7. The van der Waals surface area contributed by atoms with Gasteiger partial charge in [0.05, 0.1) is 5.92 Å². The molecular formula is C14H10FNO. The fourth-order valence-electron chi connectivity index (χ4n) is 2.19. The third-order valence-corrected chi connectivity index (χ3v) is 3.00. The van der Waals surface area contributed by atoms with Crippen LogP contribution in [0.1, 0.15) is 17.0 Å². The van der Waals surface area contributed by atoms with Crippen molar-refractivity contribution in [1.29, 1.82) is 0 Å². The van der Waals surface area contributed by atoms with E-state index in [4.69, 9.17) is 0 Å². The number of benzene rings is 2. The number of carbonyl (C=O) groups is 1. The minimum absolute atomic E-state index is 0.0576. The first-order chi connectivity index (χ1) is 8.25. The van der Waals surface area contributed by atoms with E-state index in [0.717, 1.165) is 16.8 Å². The third-order valence-electron chi connectivity index (χ3n) is 3.00. The van der Waals surface area contributed by atoms with Gasteiger partial charge in [0.15, 0.2) is 0 Å². The Morgan fingerprint density at radius 2 is 1.71 bits per heavy atom. The molecular weight excluding hydrogens is 217 g/mol. The molecule has 1 aliphatic rings. The molecule has 2 aromatic carbocycles. The van der Waals surface area contributed by atoms with E-state index in [9.17, 15) is 9.18 Å². The monoisotopic (exact) mass is 227 g/mol. The molecule has 0 radical (unpaired) electrons. The lowest BCUT2D eigenvalue weighted by atomic mass is 9.93. The van der Waals surface area contributed by atoms with Crippen LogP contribution in [0.2, 0.25) is 0 Å². The molecule has 0 aliphatic carbocycles.